The molecule has 0 radical (unpaired) electrons. The average Bonchev–Trinajstić information content (AvgIpc) is 3.31. The quantitative estimate of drug-likeness (QED) is 0.196. The highest BCUT2D eigenvalue weighted by atomic mass is 32.2. The summed E-state index contributed by atoms with van der Waals surface area (Å²) >= 11 is 6.73. The van der Waals surface area contributed by atoms with Crippen LogP contribution in [0.4, 0.5) is 5.69 Å². The Hall–Kier alpha value is -2.45. The van der Waals surface area contributed by atoms with Gasteiger partial charge in [-0.1, -0.05) is 69.2 Å². The third-order valence-corrected chi connectivity index (χ3v) is 6.48. The van der Waals surface area contributed by atoms with Gasteiger partial charge in [-0.15, -0.1) is 0 Å². The maximum absolute atomic E-state index is 12.9. The minimum Gasteiger partial charge on any atom is -0.457 e. The largest absolute Gasteiger partial charge is 0.457 e. The van der Waals surface area contributed by atoms with Crippen molar-refractivity contribution in [3.8, 4) is 11.3 Å². The first-order valence-electron chi connectivity index (χ1n) is 10.0. The van der Waals surface area contributed by atoms with E-state index in [4.69, 9.17) is 16.6 Å². The highest BCUT2D eigenvalue weighted by Crippen LogP contribution is 2.35. The Kier molecular flexibility index (Phi) is 7.44. The fraction of sp³-hybridized carbons (Fsp3) is 0.364. The van der Waals surface area contributed by atoms with E-state index in [1.54, 1.807) is 35.2 Å². The number of carbonyl (C=O) groups is 1. The van der Waals surface area contributed by atoms with Gasteiger partial charge in [0, 0.05) is 30.3 Å². The number of hydrogen-bond donors (Lipinski definition) is 0. The van der Waals surface area contributed by atoms with Gasteiger partial charge in [-0.05, 0) is 24.5 Å². The van der Waals surface area contributed by atoms with Gasteiger partial charge in [0.2, 0.25) is 0 Å². The number of furan rings is 1. The number of benzene rings is 1. The van der Waals surface area contributed by atoms with Gasteiger partial charge in [-0.25, -0.2) is 0 Å². The summed E-state index contributed by atoms with van der Waals surface area (Å²) in [5.74, 6) is 1.37. The number of hydrogen-bond acceptors (Lipinski definition) is 6. The molecule has 0 N–H and O–H groups in total. The number of non-ortho nitro benzene ring substituents is 1. The molecule has 1 unspecified atom stereocenters. The Morgan fingerprint density at radius 2 is 2.10 bits per heavy atom. The third kappa shape index (κ3) is 5.17. The van der Waals surface area contributed by atoms with E-state index >= 15 is 0 Å². The second kappa shape index (κ2) is 10.0. The van der Waals surface area contributed by atoms with Crippen molar-refractivity contribution in [1.29, 1.82) is 0 Å². The summed E-state index contributed by atoms with van der Waals surface area (Å²) in [7, 11) is 0. The SMILES string of the molecule is CCCCC(CC)CN1C(=O)/C(=C/c2ccc(-c3cccc([N+](=O)[O-])c3)o2)SC1=S. The smallest absolute Gasteiger partial charge is 0.270 e. The monoisotopic (exact) mass is 444 g/mol. The molecule has 0 bridgehead atoms. The molecule has 1 aliphatic rings. The minimum absolute atomic E-state index is 0.000118. The zero-order valence-electron chi connectivity index (χ0n) is 17.0. The van der Waals surface area contributed by atoms with Crippen LogP contribution in [0.3, 0.4) is 0 Å². The van der Waals surface area contributed by atoms with Crippen molar-refractivity contribution in [3.05, 3.63) is 57.2 Å². The molecule has 30 heavy (non-hydrogen) atoms. The van der Waals surface area contributed by atoms with Gasteiger partial charge < -0.3 is 4.42 Å². The number of nitro benzene ring substituents is 1. The van der Waals surface area contributed by atoms with Crippen LogP contribution < -0.4 is 0 Å². The number of unbranched alkanes of at least 4 members (excludes halogenated alkanes) is 1. The molecule has 1 atom stereocenters. The van der Waals surface area contributed by atoms with Crippen molar-refractivity contribution in [3.63, 3.8) is 0 Å². The number of thioether (sulfide) groups is 1. The lowest BCUT2D eigenvalue weighted by Gasteiger charge is -2.21. The first-order valence-corrected chi connectivity index (χ1v) is 11.3. The molecule has 158 valence electrons. The molecule has 0 aliphatic carbocycles. The molecule has 1 aliphatic heterocycles. The van der Waals surface area contributed by atoms with Crippen LogP contribution >= 0.6 is 24.0 Å². The molecule has 0 saturated carbocycles. The third-order valence-electron chi connectivity index (χ3n) is 5.10. The summed E-state index contributed by atoms with van der Waals surface area (Å²) in [5.41, 5.74) is 0.609. The lowest BCUT2D eigenvalue weighted by Crippen LogP contribution is -2.33. The van der Waals surface area contributed by atoms with Crippen LogP contribution in [-0.4, -0.2) is 26.6 Å². The van der Waals surface area contributed by atoms with Gasteiger partial charge in [-0.2, -0.15) is 0 Å². The van der Waals surface area contributed by atoms with Gasteiger partial charge in [0.25, 0.3) is 11.6 Å². The standard InChI is InChI=1S/C22H24N2O4S2/c1-3-5-7-15(4-2)14-23-21(25)20(30-22(23)29)13-18-10-11-19(28-18)16-8-6-9-17(12-16)24(26)27/h6,8-13,15H,3-5,7,14H2,1-2H3/b20-13-. The van der Waals surface area contributed by atoms with Crippen LogP contribution in [0.5, 0.6) is 0 Å². The molecular weight excluding hydrogens is 420 g/mol. The van der Waals surface area contributed by atoms with Crippen LogP contribution in [0.25, 0.3) is 17.4 Å². The van der Waals surface area contributed by atoms with E-state index in [2.05, 4.69) is 13.8 Å². The van der Waals surface area contributed by atoms with E-state index in [9.17, 15) is 14.9 Å². The average molecular weight is 445 g/mol. The topological polar surface area (TPSA) is 76.6 Å². The first kappa shape index (κ1) is 22.2. The van der Waals surface area contributed by atoms with Crippen LogP contribution in [0, 0.1) is 16.0 Å². The summed E-state index contributed by atoms with van der Waals surface area (Å²) in [5, 5.41) is 11.0. The van der Waals surface area contributed by atoms with Crippen molar-refractivity contribution >= 4 is 46.0 Å². The summed E-state index contributed by atoms with van der Waals surface area (Å²) in [6, 6.07) is 9.74. The Bertz CT molecular complexity index is 983. The highest BCUT2D eigenvalue weighted by molar-refractivity contribution is 8.26. The molecule has 1 aromatic heterocycles. The van der Waals surface area contributed by atoms with Crippen molar-refractivity contribution in [2.45, 2.75) is 39.5 Å². The van der Waals surface area contributed by atoms with E-state index in [0.29, 0.717) is 38.8 Å². The van der Waals surface area contributed by atoms with E-state index in [1.807, 2.05) is 0 Å². The Balaban J connectivity index is 1.75. The normalized spacial score (nSPS) is 16.5. The van der Waals surface area contributed by atoms with Crippen molar-refractivity contribution < 1.29 is 14.1 Å². The van der Waals surface area contributed by atoms with E-state index < -0.39 is 4.92 Å². The number of nitro groups is 1. The number of amides is 1. The zero-order valence-corrected chi connectivity index (χ0v) is 18.6. The van der Waals surface area contributed by atoms with Gasteiger partial charge in [0.1, 0.15) is 15.8 Å². The van der Waals surface area contributed by atoms with E-state index in [0.717, 1.165) is 25.7 Å². The fourth-order valence-electron chi connectivity index (χ4n) is 3.32. The predicted molar refractivity (Wildman–Crippen MR) is 124 cm³/mol. The molecule has 0 spiro atoms. The van der Waals surface area contributed by atoms with Crippen LogP contribution in [0.1, 0.15) is 45.3 Å². The Labute approximate surface area is 185 Å². The summed E-state index contributed by atoms with van der Waals surface area (Å²) in [6.07, 6.45) is 6.08. The number of rotatable bonds is 9. The molecular formula is C22H24N2O4S2. The molecule has 1 saturated heterocycles. The Morgan fingerprint density at radius 3 is 2.80 bits per heavy atom. The molecule has 1 aromatic carbocycles. The first-order chi connectivity index (χ1) is 14.4. The Morgan fingerprint density at radius 1 is 1.30 bits per heavy atom. The molecule has 3 rings (SSSR count). The van der Waals surface area contributed by atoms with Crippen LogP contribution in [-0.2, 0) is 4.79 Å². The van der Waals surface area contributed by atoms with Gasteiger partial charge in [0.05, 0.1) is 9.83 Å². The second-order valence-electron chi connectivity index (χ2n) is 7.22. The number of nitrogens with zero attached hydrogens (tertiary/aromatic N) is 2. The van der Waals surface area contributed by atoms with Gasteiger partial charge in [-0.3, -0.25) is 19.8 Å². The number of carbonyl (C=O) groups excluding carboxylic acids is 1. The molecule has 2 aromatic rings. The highest BCUT2D eigenvalue weighted by Gasteiger charge is 2.33. The molecule has 1 amide bonds. The lowest BCUT2D eigenvalue weighted by molar-refractivity contribution is -0.384. The minimum atomic E-state index is -0.442. The molecule has 2 heterocycles. The van der Waals surface area contributed by atoms with E-state index in [1.165, 1.54) is 23.9 Å². The zero-order chi connectivity index (χ0) is 21.7. The lowest BCUT2D eigenvalue weighted by atomic mass is 9.99. The maximum Gasteiger partial charge on any atom is 0.270 e. The summed E-state index contributed by atoms with van der Waals surface area (Å²) in [6.45, 7) is 4.96. The second-order valence-corrected chi connectivity index (χ2v) is 8.89. The predicted octanol–water partition coefficient (Wildman–Crippen LogP) is 6.27. The van der Waals surface area contributed by atoms with Gasteiger partial charge >= 0.3 is 0 Å². The van der Waals surface area contributed by atoms with Crippen molar-refractivity contribution in [1.82, 2.24) is 4.90 Å². The van der Waals surface area contributed by atoms with E-state index in [-0.39, 0.29) is 11.6 Å². The van der Waals surface area contributed by atoms with Crippen LogP contribution in [0.2, 0.25) is 0 Å². The summed E-state index contributed by atoms with van der Waals surface area (Å²) in [4.78, 5) is 25.6. The molecule has 1 fully saturated rings. The molecule has 6 nitrogen and oxygen atoms in total. The molecule has 8 heteroatoms. The van der Waals surface area contributed by atoms with Crippen molar-refractivity contribution in [2.24, 2.45) is 5.92 Å². The van der Waals surface area contributed by atoms with Crippen LogP contribution in [0.15, 0.2) is 45.7 Å². The van der Waals surface area contributed by atoms with Gasteiger partial charge in [0.15, 0.2) is 0 Å². The van der Waals surface area contributed by atoms with Crippen molar-refractivity contribution in [2.75, 3.05) is 6.54 Å². The fourth-order valence-corrected chi connectivity index (χ4v) is 4.58. The summed E-state index contributed by atoms with van der Waals surface area (Å²) < 4.78 is 6.39. The maximum atomic E-state index is 12.9. The number of thiocarbonyl (C=S) groups is 1.